The van der Waals surface area contributed by atoms with Crippen LogP contribution in [0.5, 0.6) is 0 Å². The molecule has 3 heteroatoms. The van der Waals surface area contributed by atoms with Crippen LogP contribution in [0.3, 0.4) is 0 Å². The Bertz CT molecular complexity index is 1260. The first-order valence-corrected chi connectivity index (χ1v) is 15.3. The van der Waals surface area contributed by atoms with Crippen molar-refractivity contribution in [3.8, 4) is 11.1 Å². The Labute approximate surface area is 239 Å². The first kappa shape index (κ1) is 28.6. The molecule has 1 aliphatic heterocycles. The van der Waals surface area contributed by atoms with Crippen LogP contribution in [0, 0.1) is 11.8 Å². The monoisotopic (exact) mass is 573 g/mol. The van der Waals surface area contributed by atoms with Crippen LogP contribution in [0.15, 0.2) is 80.8 Å². The van der Waals surface area contributed by atoms with Crippen molar-refractivity contribution in [2.24, 2.45) is 16.8 Å². The predicted molar refractivity (Wildman–Crippen MR) is 167 cm³/mol. The number of halogens is 1. The topological polar surface area (TPSA) is 21.6 Å². The van der Waals surface area contributed by atoms with Crippen LogP contribution in [0.2, 0.25) is 0 Å². The number of hydrogen-bond donors (Lipinski definition) is 0. The Morgan fingerprint density at radius 1 is 1.11 bits per heavy atom. The second-order valence-electron chi connectivity index (χ2n) is 11.1. The van der Waals surface area contributed by atoms with E-state index in [0.29, 0.717) is 12.5 Å². The van der Waals surface area contributed by atoms with Gasteiger partial charge in [-0.25, -0.2) is 4.99 Å². The van der Waals surface area contributed by atoms with Gasteiger partial charge in [-0.2, -0.15) is 0 Å². The molecule has 0 aromatic heterocycles. The SMILES string of the molecule is CCc1cccc(-c2ccc3c(c2)C(OC2=NCC(C)=C(C(C)=CC(C)C(CC)CC)C=C2Br)CCC3)c1. The molecule has 0 spiro atoms. The molecule has 0 saturated heterocycles. The molecule has 2 aromatic rings. The normalized spacial score (nSPS) is 19.1. The number of ether oxygens (including phenoxy) is 1. The first-order chi connectivity index (χ1) is 18.3. The largest absolute Gasteiger partial charge is 0.469 e. The van der Waals surface area contributed by atoms with E-state index in [9.17, 15) is 0 Å². The average molecular weight is 575 g/mol. The Hall–Kier alpha value is -2.39. The van der Waals surface area contributed by atoms with Crippen LogP contribution < -0.4 is 0 Å². The lowest BCUT2D eigenvalue weighted by Gasteiger charge is -2.27. The van der Waals surface area contributed by atoms with Crippen LogP contribution in [0.1, 0.15) is 90.0 Å². The zero-order valence-corrected chi connectivity index (χ0v) is 25.7. The smallest absolute Gasteiger partial charge is 0.224 e. The molecule has 202 valence electrons. The van der Waals surface area contributed by atoms with Crippen molar-refractivity contribution in [2.75, 3.05) is 6.54 Å². The number of benzene rings is 2. The van der Waals surface area contributed by atoms with Gasteiger partial charge in [-0.3, -0.25) is 0 Å². The third kappa shape index (κ3) is 6.60. The highest BCUT2D eigenvalue weighted by Gasteiger charge is 2.25. The molecule has 0 amide bonds. The summed E-state index contributed by atoms with van der Waals surface area (Å²) >= 11 is 3.84. The summed E-state index contributed by atoms with van der Waals surface area (Å²) in [7, 11) is 0. The molecule has 2 aromatic carbocycles. The zero-order chi connectivity index (χ0) is 27.2. The van der Waals surface area contributed by atoms with E-state index in [-0.39, 0.29) is 6.10 Å². The predicted octanol–water partition coefficient (Wildman–Crippen LogP) is 10.3. The van der Waals surface area contributed by atoms with Crippen molar-refractivity contribution in [1.29, 1.82) is 0 Å². The third-order valence-corrected chi connectivity index (χ3v) is 9.02. The van der Waals surface area contributed by atoms with Crippen molar-refractivity contribution in [3.05, 3.63) is 92.5 Å². The van der Waals surface area contributed by atoms with E-state index in [1.54, 1.807) is 0 Å². The van der Waals surface area contributed by atoms with Gasteiger partial charge in [0.1, 0.15) is 6.10 Å². The Balaban J connectivity index is 1.57. The van der Waals surface area contributed by atoms with Gasteiger partial charge in [0.2, 0.25) is 5.90 Å². The summed E-state index contributed by atoms with van der Waals surface area (Å²) in [6.07, 6.45) is 11.4. The fourth-order valence-corrected chi connectivity index (χ4v) is 6.47. The molecule has 1 aliphatic carbocycles. The van der Waals surface area contributed by atoms with Crippen LogP contribution >= 0.6 is 15.9 Å². The van der Waals surface area contributed by atoms with Crippen LogP contribution in [-0.2, 0) is 17.6 Å². The summed E-state index contributed by atoms with van der Waals surface area (Å²) in [4.78, 5) is 4.93. The van der Waals surface area contributed by atoms with E-state index in [0.717, 1.165) is 42.0 Å². The standard InChI is InChI=1S/C35H44BrNO/c1-7-26-12-10-14-29(19-26)30-17-16-28-13-11-15-34(32(28)20-30)38-35-33(36)21-31(25(6)22-37-35)24(5)18-23(4)27(8-2)9-3/h10,12,14,16-21,23,27,34H,7-9,11,13,15,22H2,1-6H3. The number of hydrogen-bond acceptors (Lipinski definition) is 2. The molecule has 2 unspecified atom stereocenters. The number of aliphatic imine (C=N–C) groups is 1. The van der Waals surface area contributed by atoms with Gasteiger partial charge in [0.15, 0.2) is 0 Å². The molecular formula is C35H44BrNO. The summed E-state index contributed by atoms with van der Waals surface area (Å²) in [5.41, 5.74) is 10.5. The lowest BCUT2D eigenvalue weighted by atomic mass is 9.86. The van der Waals surface area contributed by atoms with Crippen molar-refractivity contribution in [1.82, 2.24) is 0 Å². The fraction of sp³-hybridized carbons (Fsp3) is 0.457. The number of nitrogens with zero attached hydrogens (tertiary/aromatic N) is 1. The van der Waals surface area contributed by atoms with Crippen molar-refractivity contribution in [2.45, 2.75) is 86.2 Å². The lowest BCUT2D eigenvalue weighted by molar-refractivity contribution is 0.171. The second kappa shape index (κ2) is 13.1. The number of aryl methyl sites for hydroxylation is 2. The van der Waals surface area contributed by atoms with Gasteiger partial charge in [0.05, 0.1) is 11.0 Å². The molecule has 4 rings (SSSR count). The van der Waals surface area contributed by atoms with Gasteiger partial charge in [-0.15, -0.1) is 0 Å². The molecular weight excluding hydrogens is 530 g/mol. The third-order valence-electron chi connectivity index (χ3n) is 8.45. The van der Waals surface area contributed by atoms with Crippen molar-refractivity contribution >= 4 is 21.8 Å². The van der Waals surface area contributed by atoms with Crippen LogP contribution in [0.25, 0.3) is 11.1 Å². The minimum atomic E-state index is 0.0149. The molecule has 0 N–H and O–H groups in total. The van der Waals surface area contributed by atoms with E-state index >= 15 is 0 Å². The van der Waals surface area contributed by atoms with E-state index in [2.05, 4.69) is 112 Å². The van der Waals surface area contributed by atoms with Gasteiger partial charge in [0.25, 0.3) is 0 Å². The molecule has 1 heterocycles. The minimum Gasteiger partial charge on any atom is -0.469 e. The maximum Gasteiger partial charge on any atom is 0.224 e. The fourth-order valence-electron chi connectivity index (χ4n) is 6.02. The lowest BCUT2D eigenvalue weighted by Crippen LogP contribution is -2.17. The number of allylic oxidation sites excluding steroid dienone is 4. The number of fused-ring (bicyclic) bond motifs is 1. The van der Waals surface area contributed by atoms with Gasteiger partial charge < -0.3 is 4.74 Å². The zero-order valence-electron chi connectivity index (χ0n) is 24.1. The highest BCUT2D eigenvalue weighted by molar-refractivity contribution is 9.12. The van der Waals surface area contributed by atoms with Gasteiger partial charge in [0, 0.05) is 0 Å². The van der Waals surface area contributed by atoms with E-state index in [4.69, 9.17) is 9.73 Å². The quantitative estimate of drug-likeness (QED) is 0.307. The molecule has 0 bridgehead atoms. The average Bonchev–Trinajstić information content (AvgIpc) is 3.07. The molecule has 38 heavy (non-hydrogen) atoms. The molecule has 0 saturated carbocycles. The molecule has 2 nitrogen and oxygen atoms in total. The Kier molecular flexibility index (Phi) is 9.87. The molecule has 0 radical (unpaired) electrons. The molecule has 2 aliphatic rings. The molecule has 0 fully saturated rings. The van der Waals surface area contributed by atoms with E-state index in [1.807, 2.05) is 0 Å². The van der Waals surface area contributed by atoms with Gasteiger partial charge in [-0.05, 0) is 124 Å². The Morgan fingerprint density at radius 2 is 1.87 bits per heavy atom. The highest BCUT2D eigenvalue weighted by Crippen LogP contribution is 2.37. The van der Waals surface area contributed by atoms with Gasteiger partial charge in [-0.1, -0.05) is 83.0 Å². The first-order valence-electron chi connectivity index (χ1n) is 14.5. The van der Waals surface area contributed by atoms with E-state index < -0.39 is 0 Å². The summed E-state index contributed by atoms with van der Waals surface area (Å²) in [5.74, 6) is 2.00. The van der Waals surface area contributed by atoms with Crippen molar-refractivity contribution < 1.29 is 4.74 Å². The van der Waals surface area contributed by atoms with E-state index in [1.165, 1.54) is 57.4 Å². The summed E-state index contributed by atoms with van der Waals surface area (Å²) in [5, 5.41) is 0. The number of rotatable bonds is 8. The summed E-state index contributed by atoms with van der Waals surface area (Å²) in [6.45, 7) is 14.3. The summed E-state index contributed by atoms with van der Waals surface area (Å²) < 4.78 is 7.64. The van der Waals surface area contributed by atoms with Crippen LogP contribution in [0.4, 0.5) is 0 Å². The van der Waals surface area contributed by atoms with Crippen molar-refractivity contribution in [3.63, 3.8) is 0 Å². The summed E-state index contributed by atoms with van der Waals surface area (Å²) in [6, 6.07) is 15.8. The maximum absolute atomic E-state index is 6.71. The maximum atomic E-state index is 6.71. The van der Waals surface area contributed by atoms with Gasteiger partial charge >= 0.3 is 0 Å². The Morgan fingerprint density at radius 3 is 2.61 bits per heavy atom. The van der Waals surface area contributed by atoms with Crippen LogP contribution in [-0.4, -0.2) is 12.4 Å². The second-order valence-corrected chi connectivity index (χ2v) is 11.9. The highest BCUT2D eigenvalue weighted by atomic mass is 79.9. The minimum absolute atomic E-state index is 0.0149. The molecule has 2 atom stereocenters.